The Labute approximate surface area is 164 Å². The van der Waals surface area contributed by atoms with Gasteiger partial charge in [0.2, 0.25) is 16.9 Å². The zero-order chi connectivity index (χ0) is 19.8. The lowest BCUT2D eigenvalue weighted by Crippen LogP contribution is -2.24. The van der Waals surface area contributed by atoms with Gasteiger partial charge in [-0.1, -0.05) is 38.2 Å². The highest BCUT2D eigenvalue weighted by atomic mass is 32.1. The molecule has 0 bridgehead atoms. The van der Waals surface area contributed by atoms with Gasteiger partial charge in [-0.2, -0.15) is 0 Å². The maximum Gasteiger partial charge on any atom is 0.227 e. The minimum Gasteiger partial charge on any atom is -0.312 e. The molecule has 144 valence electrons. The Bertz CT molecular complexity index is 849. The number of nitrogens with one attached hydrogen (secondary N) is 1. The van der Waals surface area contributed by atoms with Crippen LogP contribution in [0, 0.1) is 19.3 Å². The third-order valence-electron chi connectivity index (χ3n) is 4.37. The highest BCUT2D eigenvalue weighted by Gasteiger charge is 2.34. The summed E-state index contributed by atoms with van der Waals surface area (Å²) >= 11 is 1.36. The van der Waals surface area contributed by atoms with Gasteiger partial charge in [-0.15, -0.1) is 10.2 Å². The minimum absolute atomic E-state index is 0.00378. The molecular formula is C20H26N4O2S. The zero-order valence-corrected chi connectivity index (χ0v) is 17.3. The van der Waals surface area contributed by atoms with E-state index >= 15 is 0 Å². The van der Waals surface area contributed by atoms with Crippen molar-refractivity contribution in [2.75, 3.05) is 16.8 Å². The molecule has 0 saturated carbocycles. The number of aryl methyl sites for hydroxylation is 2. The van der Waals surface area contributed by atoms with Gasteiger partial charge >= 0.3 is 0 Å². The largest absolute Gasteiger partial charge is 0.312 e. The lowest BCUT2D eigenvalue weighted by molar-refractivity contribution is -0.118. The predicted octanol–water partition coefficient (Wildman–Crippen LogP) is 4.05. The Morgan fingerprint density at radius 1 is 1.22 bits per heavy atom. The maximum absolute atomic E-state index is 12.5. The molecule has 1 aliphatic rings. The van der Waals surface area contributed by atoms with Crippen LogP contribution in [-0.2, 0) is 9.59 Å². The van der Waals surface area contributed by atoms with Gasteiger partial charge in [0.15, 0.2) is 0 Å². The molecule has 1 N–H and O–H groups in total. The van der Waals surface area contributed by atoms with E-state index in [9.17, 15) is 9.59 Å². The SMILES string of the molecule is Cc1cc(C)cc(N2C[C@H](c3nnc(NC(=O)CC(C)(C)C)s3)CC2=O)c1. The summed E-state index contributed by atoms with van der Waals surface area (Å²) in [4.78, 5) is 26.4. The van der Waals surface area contributed by atoms with E-state index in [4.69, 9.17) is 0 Å². The number of hydrogen-bond acceptors (Lipinski definition) is 5. The van der Waals surface area contributed by atoms with Gasteiger partial charge in [0.1, 0.15) is 5.01 Å². The third-order valence-corrected chi connectivity index (χ3v) is 5.37. The van der Waals surface area contributed by atoms with E-state index in [2.05, 4.69) is 21.6 Å². The van der Waals surface area contributed by atoms with Crippen molar-refractivity contribution in [2.45, 2.75) is 53.4 Å². The molecule has 2 heterocycles. The van der Waals surface area contributed by atoms with Crippen LogP contribution >= 0.6 is 11.3 Å². The monoisotopic (exact) mass is 386 g/mol. The number of aromatic nitrogens is 2. The van der Waals surface area contributed by atoms with Crippen molar-refractivity contribution in [3.63, 3.8) is 0 Å². The smallest absolute Gasteiger partial charge is 0.227 e. The van der Waals surface area contributed by atoms with Gasteiger partial charge in [0.25, 0.3) is 0 Å². The molecule has 1 aromatic carbocycles. The van der Waals surface area contributed by atoms with E-state index in [1.165, 1.54) is 11.3 Å². The van der Waals surface area contributed by atoms with Crippen LogP contribution in [0.4, 0.5) is 10.8 Å². The molecule has 1 aromatic heterocycles. The van der Waals surface area contributed by atoms with Crippen molar-refractivity contribution >= 4 is 34.0 Å². The van der Waals surface area contributed by atoms with Crippen LogP contribution in [-0.4, -0.2) is 28.6 Å². The molecule has 7 heteroatoms. The lowest BCUT2D eigenvalue weighted by Gasteiger charge is -2.17. The molecule has 1 saturated heterocycles. The summed E-state index contributed by atoms with van der Waals surface area (Å²) in [6, 6.07) is 6.16. The van der Waals surface area contributed by atoms with Gasteiger partial charge in [-0.3, -0.25) is 9.59 Å². The molecule has 3 rings (SSSR count). The molecule has 2 amide bonds. The quantitative estimate of drug-likeness (QED) is 0.860. The van der Waals surface area contributed by atoms with Crippen molar-refractivity contribution < 1.29 is 9.59 Å². The number of rotatable bonds is 4. The van der Waals surface area contributed by atoms with E-state index in [1.807, 2.05) is 51.7 Å². The normalized spacial score (nSPS) is 17.4. The van der Waals surface area contributed by atoms with Crippen LogP contribution < -0.4 is 10.2 Å². The second-order valence-electron chi connectivity index (χ2n) is 8.48. The number of nitrogens with zero attached hydrogens (tertiary/aromatic N) is 3. The second-order valence-corrected chi connectivity index (χ2v) is 9.49. The van der Waals surface area contributed by atoms with Crippen LogP contribution in [0.1, 0.15) is 55.7 Å². The molecular weight excluding hydrogens is 360 g/mol. The topological polar surface area (TPSA) is 75.2 Å². The van der Waals surface area contributed by atoms with E-state index < -0.39 is 0 Å². The van der Waals surface area contributed by atoms with Crippen LogP contribution in [0.15, 0.2) is 18.2 Å². The fourth-order valence-corrected chi connectivity index (χ4v) is 4.18. The highest BCUT2D eigenvalue weighted by Crippen LogP contribution is 2.35. The number of benzene rings is 1. The summed E-state index contributed by atoms with van der Waals surface area (Å²) in [5, 5.41) is 12.4. The highest BCUT2D eigenvalue weighted by molar-refractivity contribution is 7.15. The first kappa shape index (κ1) is 19.5. The van der Waals surface area contributed by atoms with E-state index in [-0.39, 0.29) is 23.1 Å². The molecule has 0 radical (unpaired) electrons. The Balaban J connectivity index is 1.69. The first-order valence-corrected chi connectivity index (χ1v) is 9.94. The van der Waals surface area contributed by atoms with Gasteiger partial charge in [0, 0.05) is 31.0 Å². The molecule has 0 spiro atoms. The zero-order valence-electron chi connectivity index (χ0n) is 16.5. The van der Waals surface area contributed by atoms with Gasteiger partial charge in [-0.05, 0) is 42.5 Å². The van der Waals surface area contributed by atoms with Crippen LogP contribution in [0.25, 0.3) is 0 Å². The van der Waals surface area contributed by atoms with E-state index in [0.29, 0.717) is 24.5 Å². The summed E-state index contributed by atoms with van der Waals surface area (Å²) in [6.07, 6.45) is 0.835. The average molecular weight is 387 g/mol. The fraction of sp³-hybridized carbons (Fsp3) is 0.500. The Morgan fingerprint density at radius 3 is 2.52 bits per heavy atom. The standard InChI is InChI=1S/C20H26N4O2S/c1-12-6-13(2)8-15(7-12)24-11-14(9-17(24)26)18-22-23-19(27-18)21-16(25)10-20(3,4)5/h6-8,14H,9-11H2,1-5H3,(H,21,23,25)/t14-/m1/s1. The first-order chi connectivity index (χ1) is 12.6. The van der Waals surface area contributed by atoms with Crippen LogP contribution in [0.2, 0.25) is 0 Å². The summed E-state index contributed by atoms with van der Waals surface area (Å²) in [5.74, 6) is 0.0344. The second kappa shape index (κ2) is 7.38. The van der Waals surface area contributed by atoms with Crippen molar-refractivity contribution in [1.82, 2.24) is 10.2 Å². The molecule has 2 aromatic rings. The van der Waals surface area contributed by atoms with Crippen LogP contribution in [0.3, 0.4) is 0 Å². The molecule has 1 aliphatic heterocycles. The molecule has 1 fully saturated rings. The summed E-state index contributed by atoms with van der Waals surface area (Å²) < 4.78 is 0. The number of hydrogen-bond donors (Lipinski definition) is 1. The van der Waals surface area contributed by atoms with Gasteiger partial charge < -0.3 is 10.2 Å². The van der Waals surface area contributed by atoms with Gasteiger partial charge in [-0.25, -0.2) is 0 Å². The molecule has 0 aliphatic carbocycles. The molecule has 27 heavy (non-hydrogen) atoms. The van der Waals surface area contributed by atoms with Gasteiger partial charge in [0.05, 0.1) is 0 Å². The summed E-state index contributed by atoms with van der Waals surface area (Å²) in [6.45, 7) is 10.7. The number of carbonyl (C=O) groups excluding carboxylic acids is 2. The maximum atomic E-state index is 12.5. The van der Waals surface area contributed by atoms with Crippen molar-refractivity contribution in [1.29, 1.82) is 0 Å². The molecule has 0 unspecified atom stereocenters. The number of amides is 2. The van der Waals surface area contributed by atoms with Crippen molar-refractivity contribution in [2.24, 2.45) is 5.41 Å². The molecule has 6 nitrogen and oxygen atoms in total. The third kappa shape index (κ3) is 4.91. The summed E-state index contributed by atoms with van der Waals surface area (Å²) in [7, 11) is 0. The fourth-order valence-electron chi connectivity index (χ4n) is 3.32. The minimum atomic E-state index is -0.0814. The Morgan fingerprint density at radius 2 is 1.89 bits per heavy atom. The first-order valence-electron chi connectivity index (χ1n) is 9.13. The van der Waals surface area contributed by atoms with Crippen LogP contribution in [0.5, 0.6) is 0 Å². The number of carbonyl (C=O) groups is 2. The Kier molecular flexibility index (Phi) is 5.33. The lowest BCUT2D eigenvalue weighted by atomic mass is 9.92. The summed E-state index contributed by atoms with van der Waals surface area (Å²) in [5.41, 5.74) is 3.13. The predicted molar refractivity (Wildman–Crippen MR) is 108 cm³/mol. The Hall–Kier alpha value is -2.28. The van der Waals surface area contributed by atoms with E-state index in [0.717, 1.165) is 21.8 Å². The molecule has 1 atom stereocenters. The van der Waals surface area contributed by atoms with Crippen molar-refractivity contribution in [3.8, 4) is 0 Å². The van der Waals surface area contributed by atoms with E-state index in [1.54, 1.807) is 0 Å². The average Bonchev–Trinajstić information content (AvgIpc) is 3.10. The number of anilines is 2. The van der Waals surface area contributed by atoms with Crippen molar-refractivity contribution in [3.05, 3.63) is 34.3 Å².